The number of rotatable bonds is 2. The molecule has 0 saturated carbocycles. The number of aromatic nitrogens is 3. The highest BCUT2D eigenvalue weighted by Gasteiger charge is 2.39. The molecule has 2 aromatic rings. The van der Waals surface area contributed by atoms with Crippen molar-refractivity contribution in [3.8, 4) is 0 Å². The van der Waals surface area contributed by atoms with Crippen molar-refractivity contribution in [2.24, 2.45) is 0 Å². The van der Waals surface area contributed by atoms with Gasteiger partial charge in [0.15, 0.2) is 5.82 Å². The third-order valence-corrected chi connectivity index (χ3v) is 6.18. The third kappa shape index (κ3) is 2.13. The molecule has 1 aromatic carbocycles. The molecule has 21 heavy (non-hydrogen) atoms. The van der Waals surface area contributed by atoms with Gasteiger partial charge in [-0.15, -0.1) is 10.2 Å². The Bertz CT molecular complexity index is 723. The molecule has 4 rings (SSSR count). The summed E-state index contributed by atoms with van der Waals surface area (Å²) in [5.41, 5.74) is 1.28. The number of fused-ring (bicyclic) bond motifs is 3. The lowest BCUT2D eigenvalue weighted by atomic mass is 10.2. The van der Waals surface area contributed by atoms with E-state index >= 15 is 0 Å². The van der Waals surface area contributed by atoms with E-state index in [2.05, 4.69) is 79.3 Å². The van der Waals surface area contributed by atoms with Gasteiger partial charge in [0.1, 0.15) is 10.4 Å². The lowest BCUT2D eigenvalue weighted by Crippen LogP contribution is -2.31. The van der Waals surface area contributed by atoms with Gasteiger partial charge in [-0.05, 0) is 29.5 Å². The number of nitrogens with zero attached hydrogens (tertiary/aromatic N) is 4. The average molecular weight is 381 g/mol. The van der Waals surface area contributed by atoms with E-state index < -0.39 is 0 Å². The van der Waals surface area contributed by atoms with Gasteiger partial charge in [0.05, 0.1) is 0 Å². The molecule has 0 bridgehead atoms. The van der Waals surface area contributed by atoms with Crippen molar-refractivity contribution in [3.05, 3.63) is 50.6 Å². The van der Waals surface area contributed by atoms with Crippen molar-refractivity contribution in [1.82, 2.24) is 14.9 Å². The van der Waals surface area contributed by atoms with Gasteiger partial charge >= 0.3 is 0 Å². The molecule has 7 heteroatoms. The number of benzene rings is 1. The minimum absolute atomic E-state index is 0.246. The maximum absolute atomic E-state index is 4.35. The Kier molecular flexibility index (Phi) is 3.31. The van der Waals surface area contributed by atoms with Crippen LogP contribution >= 0.6 is 39.5 Å². The number of hydrogen-bond acceptors (Lipinski definition) is 5. The molecule has 0 amide bonds. The summed E-state index contributed by atoms with van der Waals surface area (Å²) in [6, 6.07) is 8.52. The maximum Gasteiger partial charge on any atom is 0.216 e. The molecule has 0 aliphatic carbocycles. The van der Waals surface area contributed by atoms with Crippen molar-refractivity contribution >= 4 is 39.5 Å². The smallest absolute Gasteiger partial charge is 0.216 e. The van der Waals surface area contributed by atoms with E-state index in [1.807, 2.05) is 11.8 Å². The second-order valence-electron chi connectivity index (χ2n) is 5.25. The Balaban J connectivity index is 1.77. The molecule has 0 N–H and O–H groups in total. The van der Waals surface area contributed by atoms with E-state index in [-0.39, 0.29) is 5.37 Å². The molecule has 0 spiro atoms. The molecule has 0 saturated heterocycles. The highest BCUT2D eigenvalue weighted by molar-refractivity contribution is 9.10. The van der Waals surface area contributed by atoms with Gasteiger partial charge in [0, 0.05) is 15.8 Å². The molecule has 4 nitrogen and oxygen atoms in total. The quantitative estimate of drug-likeness (QED) is 0.768. The lowest BCUT2D eigenvalue weighted by Gasteiger charge is -2.26. The van der Waals surface area contributed by atoms with Crippen LogP contribution in [-0.4, -0.2) is 14.9 Å². The summed E-state index contributed by atoms with van der Waals surface area (Å²) in [6.45, 7) is 4.31. The molecule has 1 atom stereocenters. The fourth-order valence-electron chi connectivity index (χ4n) is 2.47. The van der Waals surface area contributed by atoms with Gasteiger partial charge < -0.3 is 0 Å². The van der Waals surface area contributed by atoms with E-state index in [4.69, 9.17) is 0 Å². The molecule has 0 fully saturated rings. The first-order chi connectivity index (χ1) is 10.1. The molecule has 0 unspecified atom stereocenters. The summed E-state index contributed by atoms with van der Waals surface area (Å²) in [4.78, 5) is 0. The molecule has 1 aromatic heterocycles. The standard InChI is InChI=1S/C14H13BrN4S2/c1-8(2)12-16-17-14-19(12)18-11(21-14)7-20-13(18)9-3-5-10(15)6-4-9/h3-8,13H,1-2H3/t13-/m1/s1. The molecule has 0 radical (unpaired) electrons. The SMILES string of the molecule is CC(C)c1nnc2n1N1C(=CS[C@@H]1c1ccc(Br)cc1)S2. The van der Waals surface area contributed by atoms with Crippen LogP contribution < -0.4 is 5.01 Å². The average Bonchev–Trinajstić information content (AvgIpc) is 3.09. The van der Waals surface area contributed by atoms with Crippen molar-refractivity contribution in [2.75, 3.05) is 5.01 Å². The van der Waals surface area contributed by atoms with Crippen molar-refractivity contribution in [1.29, 1.82) is 0 Å². The Morgan fingerprint density at radius 1 is 1.19 bits per heavy atom. The van der Waals surface area contributed by atoms with Crippen LogP contribution in [0.3, 0.4) is 0 Å². The van der Waals surface area contributed by atoms with Crippen LogP contribution in [0, 0.1) is 0 Å². The number of hydrogen-bond donors (Lipinski definition) is 0. The summed E-state index contributed by atoms with van der Waals surface area (Å²) in [5.74, 6) is 1.37. The highest BCUT2D eigenvalue weighted by Crippen LogP contribution is 2.51. The molecule has 3 heterocycles. The highest BCUT2D eigenvalue weighted by atomic mass is 79.9. The van der Waals surface area contributed by atoms with Crippen LogP contribution in [-0.2, 0) is 0 Å². The second kappa shape index (κ2) is 5.07. The van der Waals surface area contributed by atoms with Gasteiger partial charge in [0.2, 0.25) is 5.16 Å². The zero-order valence-corrected chi connectivity index (χ0v) is 14.7. The largest absolute Gasteiger partial charge is 0.252 e. The van der Waals surface area contributed by atoms with Crippen LogP contribution in [0.1, 0.15) is 36.5 Å². The van der Waals surface area contributed by atoms with Crippen molar-refractivity contribution < 1.29 is 0 Å². The Hall–Kier alpha value is -0.920. The van der Waals surface area contributed by atoms with Crippen molar-refractivity contribution in [3.63, 3.8) is 0 Å². The van der Waals surface area contributed by atoms with Gasteiger partial charge in [-0.2, -0.15) is 0 Å². The first-order valence-electron chi connectivity index (χ1n) is 6.69. The third-order valence-electron chi connectivity index (χ3n) is 3.46. The normalized spacial score (nSPS) is 19.9. The number of halogens is 1. The van der Waals surface area contributed by atoms with Gasteiger partial charge in [0.25, 0.3) is 0 Å². The van der Waals surface area contributed by atoms with E-state index in [1.165, 1.54) is 10.6 Å². The summed E-state index contributed by atoms with van der Waals surface area (Å²) in [5, 5.41) is 15.6. The maximum atomic E-state index is 4.35. The first kappa shape index (κ1) is 13.7. The Morgan fingerprint density at radius 3 is 2.67 bits per heavy atom. The van der Waals surface area contributed by atoms with Crippen LogP contribution in [0.25, 0.3) is 0 Å². The number of thioether (sulfide) groups is 2. The molecule has 2 aliphatic heterocycles. The summed E-state index contributed by atoms with van der Waals surface area (Å²) in [6.07, 6.45) is 0. The summed E-state index contributed by atoms with van der Waals surface area (Å²) >= 11 is 7.02. The predicted octanol–water partition coefficient (Wildman–Crippen LogP) is 4.45. The van der Waals surface area contributed by atoms with E-state index in [9.17, 15) is 0 Å². The summed E-state index contributed by atoms with van der Waals surface area (Å²) in [7, 11) is 0. The molecular formula is C14H13BrN4S2. The van der Waals surface area contributed by atoms with E-state index in [0.29, 0.717) is 5.92 Å². The van der Waals surface area contributed by atoms with Crippen LogP contribution in [0.2, 0.25) is 0 Å². The van der Waals surface area contributed by atoms with E-state index in [0.717, 1.165) is 15.5 Å². The topological polar surface area (TPSA) is 34.0 Å². The van der Waals surface area contributed by atoms with Gasteiger partial charge in [-0.1, -0.05) is 53.7 Å². The summed E-state index contributed by atoms with van der Waals surface area (Å²) < 4.78 is 3.28. The minimum atomic E-state index is 0.246. The van der Waals surface area contributed by atoms with Gasteiger partial charge in [-0.25, -0.2) is 4.68 Å². The van der Waals surface area contributed by atoms with Crippen molar-refractivity contribution in [2.45, 2.75) is 30.3 Å². The molecule has 2 aliphatic rings. The zero-order valence-electron chi connectivity index (χ0n) is 11.5. The minimum Gasteiger partial charge on any atom is -0.252 e. The predicted molar refractivity (Wildman–Crippen MR) is 90.7 cm³/mol. The lowest BCUT2D eigenvalue weighted by molar-refractivity contribution is 0.582. The van der Waals surface area contributed by atoms with Gasteiger partial charge in [-0.3, -0.25) is 5.01 Å². The zero-order chi connectivity index (χ0) is 14.6. The fraction of sp³-hybridized carbons (Fsp3) is 0.286. The monoisotopic (exact) mass is 380 g/mol. The van der Waals surface area contributed by atoms with E-state index in [1.54, 1.807) is 11.8 Å². The first-order valence-corrected chi connectivity index (χ1v) is 9.24. The van der Waals surface area contributed by atoms with Crippen LogP contribution in [0.4, 0.5) is 0 Å². The Labute approximate surface area is 140 Å². The Morgan fingerprint density at radius 2 is 1.95 bits per heavy atom. The van der Waals surface area contributed by atoms with Crippen LogP contribution in [0.15, 0.2) is 44.3 Å². The molecular weight excluding hydrogens is 368 g/mol. The van der Waals surface area contributed by atoms with Crippen LogP contribution in [0.5, 0.6) is 0 Å². The fourth-order valence-corrected chi connectivity index (χ4v) is 4.97. The molecule has 108 valence electrons. The second-order valence-corrected chi connectivity index (χ2v) is 8.11.